The van der Waals surface area contributed by atoms with Gasteiger partial charge in [-0.05, 0) is 43.0 Å². The zero-order chi connectivity index (χ0) is 22.8. The maximum Gasteiger partial charge on any atom is 0.434 e. The number of halogens is 3. The smallest absolute Gasteiger partial charge is 0.434 e. The Labute approximate surface area is 183 Å². The number of nitrogen functional groups attached to an aromatic ring is 1. The third-order valence-electron chi connectivity index (χ3n) is 5.43. The molecule has 0 saturated carbocycles. The normalized spacial score (nSPS) is 12.2. The summed E-state index contributed by atoms with van der Waals surface area (Å²) >= 11 is 1.19. The minimum absolute atomic E-state index is 0.00822. The molecule has 162 valence electrons. The molecule has 0 fully saturated rings. The molecule has 4 heterocycles. The van der Waals surface area contributed by atoms with Gasteiger partial charge in [-0.25, -0.2) is 15.0 Å². The average molecular weight is 455 g/mol. The molecule has 0 saturated heterocycles. The van der Waals surface area contributed by atoms with Crippen LogP contribution in [0.25, 0.3) is 38.2 Å². The third kappa shape index (κ3) is 2.90. The molecular formula is C22H16F3N5OS. The number of fused-ring (bicyclic) bond motifs is 3. The molecule has 10 heteroatoms. The van der Waals surface area contributed by atoms with Crippen LogP contribution in [0.15, 0.2) is 42.0 Å². The standard InChI is InChI=1S/C22H16F3N5OS/c1-10-5-6-14(31)11(2)17(10)30-20-13(16-19(26)27-9-28-21(16)30)8-12(15-4-3-7-32-15)18(29-20)22(23,24)25/h3-9,31H,1-2H3,(H2,26,27,28). The van der Waals surface area contributed by atoms with Gasteiger partial charge in [-0.1, -0.05) is 12.1 Å². The van der Waals surface area contributed by atoms with E-state index in [9.17, 15) is 18.3 Å². The van der Waals surface area contributed by atoms with E-state index in [1.54, 1.807) is 37.4 Å². The number of nitrogens with two attached hydrogens (primary N) is 1. The summed E-state index contributed by atoms with van der Waals surface area (Å²) in [5.74, 6) is 0.141. The van der Waals surface area contributed by atoms with Crippen molar-refractivity contribution in [3.63, 3.8) is 0 Å². The minimum atomic E-state index is -4.69. The molecule has 5 aromatic rings. The van der Waals surface area contributed by atoms with Gasteiger partial charge in [0.05, 0.1) is 11.1 Å². The highest BCUT2D eigenvalue weighted by Crippen LogP contribution is 2.43. The van der Waals surface area contributed by atoms with Crippen molar-refractivity contribution in [3.8, 4) is 21.9 Å². The monoisotopic (exact) mass is 455 g/mol. The van der Waals surface area contributed by atoms with E-state index in [1.807, 2.05) is 0 Å². The van der Waals surface area contributed by atoms with Gasteiger partial charge >= 0.3 is 6.18 Å². The largest absolute Gasteiger partial charge is 0.508 e. The number of thiophene rings is 1. The summed E-state index contributed by atoms with van der Waals surface area (Å²) in [6.07, 6.45) is -3.43. The second-order valence-corrected chi connectivity index (χ2v) is 8.35. The number of aromatic nitrogens is 4. The first-order valence-electron chi connectivity index (χ1n) is 9.54. The maximum absolute atomic E-state index is 14.1. The van der Waals surface area contributed by atoms with E-state index in [1.165, 1.54) is 34.4 Å². The maximum atomic E-state index is 14.1. The van der Waals surface area contributed by atoms with E-state index in [2.05, 4.69) is 15.0 Å². The van der Waals surface area contributed by atoms with Gasteiger partial charge in [0.15, 0.2) is 11.3 Å². The van der Waals surface area contributed by atoms with Crippen LogP contribution in [0.2, 0.25) is 0 Å². The van der Waals surface area contributed by atoms with Crippen molar-refractivity contribution in [2.75, 3.05) is 5.73 Å². The summed E-state index contributed by atoms with van der Waals surface area (Å²) in [6.45, 7) is 3.49. The summed E-state index contributed by atoms with van der Waals surface area (Å²) in [7, 11) is 0. The Bertz CT molecular complexity index is 1510. The first-order valence-corrected chi connectivity index (χ1v) is 10.4. The van der Waals surface area contributed by atoms with Gasteiger partial charge in [-0.15, -0.1) is 11.3 Å². The van der Waals surface area contributed by atoms with Gasteiger partial charge in [0.1, 0.15) is 23.5 Å². The highest BCUT2D eigenvalue weighted by atomic mass is 32.1. The van der Waals surface area contributed by atoms with Crippen molar-refractivity contribution in [2.24, 2.45) is 0 Å². The number of pyridine rings is 1. The number of nitrogens with zero attached hydrogens (tertiary/aromatic N) is 4. The molecule has 32 heavy (non-hydrogen) atoms. The molecule has 0 spiro atoms. The average Bonchev–Trinajstić information content (AvgIpc) is 3.37. The van der Waals surface area contributed by atoms with Crippen LogP contribution in [0.5, 0.6) is 5.75 Å². The van der Waals surface area contributed by atoms with Crippen LogP contribution < -0.4 is 5.73 Å². The fourth-order valence-electron chi connectivity index (χ4n) is 3.99. The van der Waals surface area contributed by atoms with Gasteiger partial charge in [0, 0.05) is 21.4 Å². The van der Waals surface area contributed by atoms with Crippen molar-refractivity contribution < 1.29 is 18.3 Å². The Morgan fingerprint density at radius 1 is 1.09 bits per heavy atom. The molecule has 5 rings (SSSR count). The number of phenolic OH excluding ortho intramolecular Hbond substituents is 1. The van der Waals surface area contributed by atoms with Crippen molar-refractivity contribution in [3.05, 3.63) is 58.9 Å². The Balaban J connectivity index is 2.03. The molecule has 0 atom stereocenters. The zero-order valence-electron chi connectivity index (χ0n) is 16.9. The highest BCUT2D eigenvalue weighted by Gasteiger charge is 2.37. The Morgan fingerprint density at radius 2 is 1.88 bits per heavy atom. The number of phenols is 1. The van der Waals surface area contributed by atoms with Gasteiger partial charge in [-0.2, -0.15) is 13.2 Å². The van der Waals surface area contributed by atoms with Crippen LogP contribution in [0.1, 0.15) is 16.8 Å². The molecule has 3 N–H and O–H groups in total. The number of rotatable bonds is 2. The summed E-state index contributed by atoms with van der Waals surface area (Å²) in [6, 6.07) is 7.97. The molecule has 6 nitrogen and oxygen atoms in total. The lowest BCUT2D eigenvalue weighted by Crippen LogP contribution is -2.11. The van der Waals surface area contributed by atoms with E-state index in [-0.39, 0.29) is 22.8 Å². The number of hydrogen-bond acceptors (Lipinski definition) is 6. The number of alkyl halides is 3. The first kappa shape index (κ1) is 20.3. The molecule has 4 aromatic heterocycles. The predicted molar refractivity (Wildman–Crippen MR) is 118 cm³/mol. The quantitative estimate of drug-likeness (QED) is 0.361. The minimum Gasteiger partial charge on any atom is -0.508 e. The fraction of sp³-hybridized carbons (Fsp3) is 0.136. The third-order valence-corrected chi connectivity index (χ3v) is 6.34. The summed E-state index contributed by atoms with van der Waals surface area (Å²) < 4.78 is 43.8. The number of hydrogen-bond donors (Lipinski definition) is 2. The van der Waals surface area contributed by atoms with Crippen LogP contribution in [0.4, 0.5) is 19.0 Å². The molecule has 0 amide bonds. The van der Waals surface area contributed by atoms with E-state index in [0.29, 0.717) is 32.5 Å². The first-order chi connectivity index (χ1) is 15.2. The summed E-state index contributed by atoms with van der Waals surface area (Å²) in [4.78, 5) is 12.9. The Morgan fingerprint density at radius 3 is 2.56 bits per heavy atom. The highest BCUT2D eigenvalue weighted by molar-refractivity contribution is 7.13. The molecule has 0 aliphatic heterocycles. The SMILES string of the molecule is Cc1ccc(O)c(C)c1-n1c2nc(C(F)(F)F)c(-c3cccs3)cc2c2c(N)ncnc21. The van der Waals surface area contributed by atoms with Crippen molar-refractivity contribution in [2.45, 2.75) is 20.0 Å². The van der Waals surface area contributed by atoms with Crippen molar-refractivity contribution in [1.82, 2.24) is 19.5 Å². The van der Waals surface area contributed by atoms with Gasteiger partial charge in [0.25, 0.3) is 0 Å². The number of aryl methyl sites for hydroxylation is 1. The van der Waals surface area contributed by atoms with Crippen LogP contribution in [-0.4, -0.2) is 24.6 Å². The lowest BCUT2D eigenvalue weighted by Gasteiger charge is -2.16. The number of benzene rings is 1. The van der Waals surface area contributed by atoms with E-state index < -0.39 is 11.9 Å². The van der Waals surface area contributed by atoms with Crippen LogP contribution in [-0.2, 0) is 6.18 Å². The van der Waals surface area contributed by atoms with Gasteiger partial charge in [-0.3, -0.25) is 4.57 Å². The molecule has 0 radical (unpaired) electrons. The fourth-order valence-corrected chi connectivity index (χ4v) is 4.74. The van der Waals surface area contributed by atoms with E-state index in [0.717, 1.165) is 5.56 Å². The number of aromatic hydroxyl groups is 1. The second kappa shape index (κ2) is 6.92. The lowest BCUT2D eigenvalue weighted by molar-refractivity contribution is -0.140. The Hall–Kier alpha value is -3.66. The van der Waals surface area contributed by atoms with Crippen LogP contribution in [0, 0.1) is 13.8 Å². The van der Waals surface area contributed by atoms with Gasteiger partial charge in [0.2, 0.25) is 0 Å². The summed E-state index contributed by atoms with van der Waals surface area (Å²) in [5.41, 5.74) is 7.17. The molecular weight excluding hydrogens is 439 g/mol. The van der Waals surface area contributed by atoms with Crippen molar-refractivity contribution >= 4 is 39.2 Å². The van der Waals surface area contributed by atoms with Crippen molar-refractivity contribution in [1.29, 1.82) is 0 Å². The zero-order valence-corrected chi connectivity index (χ0v) is 17.7. The molecule has 1 aromatic carbocycles. The Kier molecular flexibility index (Phi) is 4.38. The molecule has 0 unspecified atom stereocenters. The summed E-state index contributed by atoms with van der Waals surface area (Å²) in [5, 5.41) is 12.8. The molecule has 0 aliphatic rings. The molecule has 0 aliphatic carbocycles. The van der Waals surface area contributed by atoms with Gasteiger partial charge < -0.3 is 10.8 Å². The van der Waals surface area contributed by atoms with E-state index >= 15 is 0 Å². The second-order valence-electron chi connectivity index (χ2n) is 7.40. The lowest BCUT2D eigenvalue weighted by atomic mass is 10.1. The topological polar surface area (TPSA) is 89.8 Å². The predicted octanol–water partition coefficient (Wildman–Crippen LogP) is 5.62. The van der Waals surface area contributed by atoms with Crippen LogP contribution in [0.3, 0.4) is 0 Å². The van der Waals surface area contributed by atoms with Crippen LogP contribution >= 0.6 is 11.3 Å². The van der Waals surface area contributed by atoms with E-state index in [4.69, 9.17) is 5.73 Å². The number of anilines is 1. The molecule has 0 bridgehead atoms.